The summed E-state index contributed by atoms with van der Waals surface area (Å²) in [5.74, 6) is 1.39. The van der Waals surface area contributed by atoms with Crippen LogP contribution >= 0.6 is 0 Å². The molecule has 4 N–H and O–H groups in total. The highest BCUT2D eigenvalue weighted by molar-refractivity contribution is 5.99. The largest absolute Gasteiger partial charge is 0.378 e. The number of aromatic amines is 1. The molecule has 4 aromatic rings. The summed E-state index contributed by atoms with van der Waals surface area (Å²) in [5.41, 5.74) is 4.58. The van der Waals surface area contributed by atoms with Crippen LogP contribution in [0.4, 0.5) is 22.0 Å². The van der Waals surface area contributed by atoms with Crippen molar-refractivity contribution in [3.8, 4) is 11.4 Å². The number of H-pyrrole nitrogens is 1. The number of rotatable bonds is 7. The lowest BCUT2D eigenvalue weighted by atomic mass is 10.2. The summed E-state index contributed by atoms with van der Waals surface area (Å²) in [4.78, 5) is 31.7. The molecule has 2 saturated heterocycles. The fourth-order valence-corrected chi connectivity index (χ4v) is 4.47. The highest BCUT2D eigenvalue weighted by atomic mass is 16.7. The summed E-state index contributed by atoms with van der Waals surface area (Å²) < 4.78 is 16.8. The minimum atomic E-state index is -0.336. The van der Waals surface area contributed by atoms with Crippen molar-refractivity contribution in [3.63, 3.8) is 0 Å². The first-order valence-corrected chi connectivity index (χ1v) is 13.0. The first-order valence-electron chi connectivity index (χ1n) is 13.0. The Labute approximate surface area is 225 Å². The van der Waals surface area contributed by atoms with Crippen LogP contribution in [0.3, 0.4) is 0 Å². The minimum absolute atomic E-state index is 0.236. The highest BCUT2D eigenvalue weighted by Crippen LogP contribution is 2.27. The van der Waals surface area contributed by atoms with Crippen molar-refractivity contribution in [1.82, 2.24) is 25.3 Å². The molecule has 2 aromatic heterocycles. The van der Waals surface area contributed by atoms with Gasteiger partial charge in [0.15, 0.2) is 23.6 Å². The number of morpholine rings is 2. The average Bonchev–Trinajstić information content (AvgIpc) is 3.47. The summed E-state index contributed by atoms with van der Waals surface area (Å²) in [6.07, 6.45) is 1.39. The summed E-state index contributed by atoms with van der Waals surface area (Å²) in [6.45, 7) is 5.44. The van der Waals surface area contributed by atoms with Gasteiger partial charge in [0.1, 0.15) is 5.52 Å². The third-order valence-corrected chi connectivity index (χ3v) is 6.52. The number of hydrogen-bond acceptors (Lipinski definition) is 9. The summed E-state index contributed by atoms with van der Waals surface area (Å²) >= 11 is 0. The van der Waals surface area contributed by atoms with Gasteiger partial charge in [0.25, 0.3) is 0 Å². The number of urea groups is 1. The Morgan fingerprint density at radius 3 is 2.46 bits per heavy atom. The van der Waals surface area contributed by atoms with Crippen LogP contribution in [0.1, 0.15) is 5.56 Å². The molecular formula is C27H30N8O4. The maximum atomic E-state index is 12.6. The lowest BCUT2D eigenvalue weighted by molar-refractivity contribution is -0.159. The van der Waals surface area contributed by atoms with Crippen LogP contribution in [0.5, 0.6) is 0 Å². The van der Waals surface area contributed by atoms with Crippen molar-refractivity contribution >= 4 is 34.4 Å². The molecule has 2 aromatic carbocycles. The molecule has 6 rings (SSSR count). The number of nitrogens with one attached hydrogen (secondary N) is 4. The topological polar surface area (TPSA) is 139 Å². The standard InChI is InChI=1S/C27H30N8O4/c36-27(31-20-5-1-18(2-6-20)16-39-22-15-28-9-12-38-22)32-21-7-3-19(4-8-21)24-33-25-23(29-17-30-25)26(34-24)35-10-13-37-14-11-35/h1-8,17,22,28H,9-16H2,(H2,31,32,36)(H,29,30,33,34). The Kier molecular flexibility index (Phi) is 7.59. The molecule has 0 aliphatic carbocycles. The van der Waals surface area contributed by atoms with Crippen LogP contribution < -0.4 is 20.9 Å². The van der Waals surface area contributed by atoms with Crippen LogP contribution in [0.25, 0.3) is 22.6 Å². The SMILES string of the molecule is O=C(Nc1ccc(COC2CNCCO2)cc1)Nc1ccc(-c2nc(N3CCOCC3)c3[nH]cnc3n2)cc1. The fraction of sp³-hybridized carbons (Fsp3) is 0.333. The molecule has 1 unspecified atom stereocenters. The summed E-state index contributed by atoms with van der Waals surface area (Å²) in [6, 6.07) is 14.6. The van der Waals surface area contributed by atoms with Crippen molar-refractivity contribution in [3.05, 3.63) is 60.4 Å². The van der Waals surface area contributed by atoms with Crippen LogP contribution in [-0.2, 0) is 20.8 Å². The number of fused-ring (bicyclic) bond motifs is 1. The number of carbonyl (C=O) groups excluding carboxylic acids is 1. The Hall–Kier alpha value is -4.10. The predicted octanol–water partition coefficient (Wildman–Crippen LogP) is 2.96. The molecule has 0 spiro atoms. The van der Waals surface area contributed by atoms with Gasteiger partial charge in [-0.15, -0.1) is 0 Å². The number of imidazole rings is 1. The highest BCUT2D eigenvalue weighted by Gasteiger charge is 2.19. The van der Waals surface area contributed by atoms with Gasteiger partial charge in [0, 0.05) is 43.1 Å². The van der Waals surface area contributed by atoms with Crippen molar-refractivity contribution in [2.45, 2.75) is 12.9 Å². The van der Waals surface area contributed by atoms with Crippen molar-refractivity contribution < 1.29 is 19.0 Å². The lowest BCUT2D eigenvalue weighted by Crippen LogP contribution is -2.39. The van der Waals surface area contributed by atoms with Gasteiger partial charge < -0.3 is 40.0 Å². The van der Waals surface area contributed by atoms with Crippen molar-refractivity contribution in [2.24, 2.45) is 0 Å². The molecule has 1 atom stereocenters. The van der Waals surface area contributed by atoms with Crippen LogP contribution in [0, 0.1) is 0 Å². The quantitative estimate of drug-likeness (QED) is 0.284. The van der Waals surface area contributed by atoms with Crippen molar-refractivity contribution in [1.29, 1.82) is 0 Å². The molecule has 2 aliphatic heterocycles. The van der Waals surface area contributed by atoms with E-state index in [2.05, 4.69) is 35.8 Å². The van der Waals surface area contributed by atoms with E-state index in [4.69, 9.17) is 19.2 Å². The van der Waals surface area contributed by atoms with Gasteiger partial charge >= 0.3 is 6.03 Å². The van der Waals surface area contributed by atoms with Crippen LogP contribution in [-0.4, -0.2) is 78.3 Å². The normalized spacial score (nSPS) is 17.7. The van der Waals surface area contributed by atoms with E-state index in [0.29, 0.717) is 55.8 Å². The Balaban J connectivity index is 1.06. The zero-order valence-electron chi connectivity index (χ0n) is 21.4. The van der Waals surface area contributed by atoms with Crippen LogP contribution in [0.15, 0.2) is 54.9 Å². The van der Waals surface area contributed by atoms with Gasteiger partial charge in [-0.3, -0.25) is 0 Å². The molecule has 4 heterocycles. The van der Waals surface area contributed by atoms with Crippen LogP contribution in [0.2, 0.25) is 0 Å². The molecule has 0 bridgehead atoms. The molecule has 2 aliphatic rings. The van der Waals surface area contributed by atoms with E-state index in [-0.39, 0.29) is 12.3 Å². The number of benzene rings is 2. The minimum Gasteiger partial charge on any atom is -0.378 e. The van der Waals surface area contributed by atoms with E-state index in [9.17, 15) is 4.79 Å². The Morgan fingerprint density at radius 1 is 1.00 bits per heavy atom. The molecule has 2 fully saturated rings. The van der Waals surface area contributed by atoms with E-state index >= 15 is 0 Å². The second kappa shape index (κ2) is 11.7. The number of nitrogens with zero attached hydrogens (tertiary/aromatic N) is 4. The van der Waals surface area contributed by atoms with Gasteiger partial charge in [0.2, 0.25) is 0 Å². The van der Waals surface area contributed by atoms with E-state index in [0.717, 1.165) is 42.1 Å². The maximum Gasteiger partial charge on any atom is 0.323 e. The Bertz CT molecular complexity index is 1400. The van der Waals surface area contributed by atoms with E-state index < -0.39 is 0 Å². The van der Waals surface area contributed by atoms with Gasteiger partial charge in [-0.25, -0.2) is 19.7 Å². The lowest BCUT2D eigenvalue weighted by Gasteiger charge is -2.28. The Morgan fingerprint density at radius 2 is 1.74 bits per heavy atom. The number of ether oxygens (including phenoxy) is 3. The number of carbonyl (C=O) groups is 1. The van der Waals surface area contributed by atoms with Crippen molar-refractivity contribution in [2.75, 3.05) is 61.5 Å². The molecular weight excluding hydrogens is 500 g/mol. The molecule has 202 valence electrons. The van der Waals surface area contributed by atoms with E-state index in [1.807, 2.05) is 48.5 Å². The van der Waals surface area contributed by atoms with E-state index in [1.54, 1.807) is 6.33 Å². The molecule has 2 amide bonds. The molecule has 12 heteroatoms. The number of hydrogen-bond donors (Lipinski definition) is 4. The van der Waals surface area contributed by atoms with E-state index in [1.165, 1.54) is 0 Å². The number of aromatic nitrogens is 4. The summed E-state index contributed by atoms with van der Waals surface area (Å²) in [5, 5.41) is 8.95. The molecule has 12 nitrogen and oxygen atoms in total. The first kappa shape index (κ1) is 25.2. The number of anilines is 3. The second-order valence-corrected chi connectivity index (χ2v) is 9.24. The summed E-state index contributed by atoms with van der Waals surface area (Å²) in [7, 11) is 0. The smallest absolute Gasteiger partial charge is 0.323 e. The van der Waals surface area contributed by atoms with Gasteiger partial charge in [0.05, 0.1) is 32.8 Å². The first-order chi connectivity index (χ1) is 19.2. The molecule has 0 saturated carbocycles. The third-order valence-electron chi connectivity index (χ3n) is 6.52. The van der Waals surface area contributed by atoms with Gasteiger partial charge in [-0.1, -0.05) is 12.1 Å². The zero-order valence-corrected chi connectivity index (χ0v) is 21.4. The number of amides is 2. The van der Waals surface area contributed by atoms with Gasteiger partial charge in [-0.2, -0.15) is 0 Å². The zero-order chi connectivity index (χ0) is 26.4. The van der Waals surface area contributed by atoms with Gasteiger partial charge in [-0.05, 0) is 42.0 Å². The third kappa shape index (κ3) is 6.15. The average molecular weight is 531 g/mol. The second-order valence-electron chi connectivity index (χ2n) is 9.24. The fourth-order valence-electron chi connectivity index (χ4n) is 4.47. The predicted molar refractivity (Wildman–Crippen MR) is 147 cm³/mol. The molecule has 39 heavy (non-hydrogen) atoms. The maximum absolute atomic E-state index is 12.6. The molecule has 0 radical (unpaired) electrons. The monoisotopic (exact) mass is 530 g/mol.